The van der Waals surface area contributed by atoms with Crippen LogP contribution in [-0.4, -0.2) is 14.7 Å². The second-order valence-corrected chi connectivity index (χ2v) is 9.06. The van der Waals surface area contributed by atoms with Crippen LogP contribution in [0.1, 0.15) is 29.0 Å². The Balaban J connectivity index is 1.52. The van der Waals surface area contributed by atoms with E-state index in [4.69, 9.17) is 12.2 Å². The molecule has 34 heavy (non-hydrogen) atoms. The SMILES string of the molecule is Cc1cccc(N2C(=S)N[C@H](c3ccccn3)[C@@H]2c2cccn2-c2ccc3ccccc3c2)c1. The van der Waals surface area contributed by atoms with Gasteiger partial charge in [0.05, 0.1) is 11.7 Å². The van der Waals surface area contributed by atoms with Crippen LogP contribution in [0.3, 0.4) is 0 Å². The fraction of sp³-hybridized carbons (Fsp3) is 0.103. The third-order valence-corrected chi connectivity index (χ3v) is 6.79. The Morgan fingerprint density at radius 1 is 0.794 bits per heavy atom. The highest BCUT2D eigenvalue weighted by Gasteiger charge is 2.42. The number of pyridine rings is 1. The van der Waals surface area contributed by atoms with Crippen LogP contribution in [0.15, 0.2) is 109 Å². The molecule has 6 rings (SSSR count). The lowest BCUT2D eigenvalue weighted by Gasteiger charge is -2.29. The topological polar surface area (TPSA) is 33.1 Å². The largest absolute Gasteiger partial charge is 0.351 e. The van der Waals surface area contributed by atoms with Crippen LogP contribution in [0.4, 0.5) is 5.69 Å². The number of aromatic nitrogens is 2. The molecule has 5 heteroatoms. The van der Waals surface area contributed by atoms with E-state index in [1.807, 2.05) is 18.3 Å². The van der Waals surface area contributed by atoms with Crippen molar-refractivity contribution in [2.75, 3.05) is 4.90 Å². The molecular weight excluding hydrogens is 436 g/mol. The van der Waals surface area contributed by atoms with E-state index in [9.17, 15) is 0 Å². The van der Waals surface area contributed by atoms with E-state index in [1.54, 1.807) is 0 Å². The molecule has 1 aliphatic heterocycles. The highest BCUT2D eigenvalue weighted by molar-refractivity contribution is 7.80. The first-order valence-electron chi connectivity index (χ1n) is 11.4. The molecular formula is C29H24N4S. The lowest BCUT2D eigenvalue weighted by Crippen LogP contribution is -2.30. The molecule has 1 N–H and O–H groups in total. The number of anilines is 1. The van der Waals surface area contributed by atoms with Gasteiger partial charge in [0.25, 0.3) is 0 Å². The van der Waals surface area contributed by atoms with Crippen LogP contribution in [0.5, 0.6) is 0 Å². The van der Waals surface area contributed by atoms with Gasteiger partial charge in [0.1, 0.15) is 6.04 Å². The van der Waals surface area contributed by atoms with Crippen molar-refractivity contribution in [2.24, 2.45) is 0 Å². The minimum Gasteiger partial charge on any atom is -0.351 e. The van der Waals surface area contributed by atoms with E-state index < -0.39 is 0 Å². The number of hydrogen-bond donors (Lipinski definition) is 1. The first kappa shape index (κ1) is 20.6. The summed E-state index contributed by atoms with van der Waals surface area (Å²) in [6.07, 6.45) is 3.97. The summed E-state index contributed by atoms with van der Waals surface area (Å²) in [4.78, 5) is 6.92. The molecule has 4 nitrogen and oxygen atoms in total. The van der Waals surface area contributed by atoms with Crippen molar-refractivity contribution in [1.29, 1.82) is 0 Å². The van der Waals surface area contributed by atoms with Gasteiger partial charge in [0.15, 0.2) is 5.11 Å². The van der Waals surface area contributed by atoms with Gasteiger partial charge in [-0.15, -0.1) is 0 Å². The second-order valence-electron chi connectivity index (χ2n) is 8.67. The molecule has 2 aromatic heterocycles. The molecule has 0 aliphatic carbocycles. The number of fused-ring (bicyclic) bond motifs is 1. The zero-order chi connectivity index (χ0) is 23.1. The lowest BCUT2D eigenvalue weighted by atomic mass is 10.0. The molecule has 166 valence electrons. The fourth-order valence-electron chi connectivity index (χ4n) is 4.91. The Labute approximate surface area is 204 Å². The van der Waals surface area contributed by atoms with Crippen molar-refractivity contribution in [3.8, 4) is 5.69 Å². The van der Waals surface area contributed by atoms with Gasteiger partial charge in [-0.25, -0.2) is 0 Å². The second kappa shape index (κ2) is 8.43. The monoisotopic (exact) mass is 460 g/mol. The van der Waals surface area contributed by atoms with Crippen LogP contribution in [0.25, 0.3) is 16.5 Å². The molecule has 0 radical (unpaired) electrons. The normalized spacial score (nSPS) is 17.8. The first-order chi connectivity index (χ1) is 16.7. The molecule has 1 saturated heterocycles. The molecule has 1 aliphatic rings. The van der Waals surface area contributed by atoms with Crippen LogP contribution >= 0.6 is 12.2 Å². The number of thiocarbonyl (C=S) groups is 1. The Kier molecular flexibility index (Phi) is 5.12. The van der Waals surface area contributed by atoms with Crippen molar-refractivity contribution in [3.05, 3.63) is 126 Å². The van der Waals surface area contributed by atoms with E-state index in [-0.39, 0.29) is 12.1 Å². The maximum absolute atomic E-state index is 5.89. The summed E-state index contributed by atoms with van der Waals surface area (Å²) in [6.45, 7) is 2.11. The van der Waals surface area contributed by atoms with Crippen molar-refractivity contribution in [1.82, 2.24) is 14.9 Å². The zero-order valence-corrected chi connectivity index (χ0v) is 19.6. The Morgan fingerprint density at radius 3 is 2.47 bits per heavy atom. The molecule has 3 aromatic carbocycles. The molecule has 1 fully saturated rings. The van der Waals surface area contributed by atoms with Gasteiger partial charge in [-0.3, -0.25) is 4.98 Å². The van der Waals surface area contributed by atoms with Crippen molar-refractivity contribution in [3.63, 3.8) is 0 Å². The summed E-state index contributed by atoms with van der Waals surface area (Å²) in [5.74, 6) is 0. The summed E-state index contributed by atoms with van der Waals surface area (Å²) in [6, 6.07) is 33.8. The Hall–Kier alpha value is -3.96. The Morgan fingerprint density at radius 2 is 1.65 bits per heavy atom. The van der Waals surface area contributed by atoms with Gasteiger partial charge in [-0.05, 0) is 84.0 Å². The van der Waals surface area contributed by atoms with Crippen LogP contribution in [-0.2, 0) is 0 Å². The van der Waals surface area contributed by atoms with Crippen molar-refractivity contribution >= 4 is 33.8 Å². The third kappa shape index (κ3) is 3.55. The van der Waals surface area contributed by atoms with E-state index in [0.29, 0.717) is 5.11 Å². The van der Waals surface area contributed by atoms with Crippen LogP contribution in [0, 0.1) is 6.92 Å². The minimum absolute atomic E-state index is 0.0642. The molecule has 3 heterocycles. The van der Waals surface area contributed by atoms with Crippen molar-refractivity contribution < 1.29 is 0 Å². The van der Waals surface area contributed by atoms with E-state index in [1.165, 1.54) is 16.3 Å². The van der Waals surface area contributed by atoms with Gasteiger partial charge >= 0.3 is 0 Å². The Bertz CT molecular complexity index is 1490. The number of rotatable bonds is 4. The van der Waals surface area contributed by atoms with Gasteiger partial charge < -0.3 is 14.8 Å². The summed E-state index contributed by atoms with van der Waals surface area (Å²) < 4.78 is 2.27. The van der Waals surface area contributed by atoms with Crippen LogP contribution < -0.4 is 10.2 Å². The predicted molar refractivity (Wildman–Crippen MR) is 142 cm³/mol. The summed E-state index contributed by atoms with van der Waals surface area (Å²) in [5, 5.41) is 6.72. The highest BCUT2D eigenvalue weighted by Crippen LogP contribution is 2.42. The molecule has 2 atom stereocenters. The quantitative estimate of drug-likeness (QED) is 0.310. The fourth-order valence-corrected chi connectivity index (χ4v) is 5.25. The molecule has 0 saturated carbocycles. The maximum Gasteiger partial charge on any atom is 0.174 e. The molecule has 0 spiro atoms. The zero-order valence-electron chi connectivity index (χ0n) is 18.8. The number of hydrogen-bond acceptors (Lipinski definition) is 2. The standard InChI is InChI=1S/C29H24N4S/c1-20-8-6-11-24(18-20)33-28(27(31-29(33)34)25-12-4-5-16-30-25)26-13-7-17-32(26)23-15-14-21-9-2-3-10-22(21)19-23/h2-19,27-28H,1H3,(H,31,34)/t27-,28+/m1/s1. The molecule has 0 unspecified atom stereocenters. The summed E-state index contributed by atoms with van der Waals surface area (Å²) >= 11 is 5.89. The van der Waals surface area contributed by atoms with E-state index in [0.717, 1.165) is 22.8 Å². The molecule has 0 bridgehead atoms. The number of nitrogens with zero attached hydrogens (tertiary/aromatic N) is 3. The average molecular weight is 461 g/mol. The molecule has 5 aromatic rings. The predicted octanol–water partition coefficient (Wildman–Crippen LogP) is 6.51. The first-order valence-corrected chi connectivity index (χ1v) is 11.8. The highest BCUT2D eigenvalue weighted by atomic mass is 32.1. The lowest BCUT2D eigenvalue weighted by molar-refractivity contribution is 0.549. The summed E-state index contributed by atoms with van der Waals surface area (Å²) in [5.41, 5.74) is 5.52. The third-order valence-electron chi connectivity index (χ3n) is 6.47. The number of benzene rings is 3. The average Bonchev–Trinajstić information content (AvgIpc) is 3.48. The maximum atomic E-state index is 5.89. The molecule has 0 amide bonds. The minimum atomic E-state index is -0.0803. The van der Waals surface area contributed by atoms with Crippen LogP contribution in [0.2, 0.25) is 0 Å². The summed E-state index contributed by atoms with van der Waals surface area (Å²) in [7, 11) is 0. The van der Waals surface area contributed by atoms with Gasteiger partial charge in [-0.2, -0.15) is 0 Å². The number of nitrogens with one attached hydrogen (secondary N) is 1. The van der Waals surface area contributed by atoms with E-state index in [2.05, 4.69) is 118 Å². The smallest absolute Gasteiger partial charge is 0.174 e. The number of aryl methyl sites for hydroxylation is 1. The van der Waals surface area contributed by atoms with Gasteiger partial charge in [-0.1, -0.05) is 48.5 Å². The van der Waals surface area contributed by atoms with Gasteiger partial charge in [0.2, 0.25) is 0 Å². The van der Waals surface area contributed by atoms with E-state index >= 15 is 0 Å². The van der Waals surface area contributed by atoms with Gasteiger partial charge in [0, 0.05) is 29.5 Å². The van der Waals surface area contributed by atoms with Crippen molar-refractivity contribution in [2.45, 2.75) is 19.0 Å².